The van der Waals surface area contributed by atoms with Crippen LogP contribution in [0.4, 0.5) is 4.79 Å². The van der Waals surface area contributed by atoms with Gasteiger partial charge in [-0.15, -0.1) is 0 Å². The quantitative estimate of drug-likeness (QED) is 0.670. The van der Waals surface area contributed by atoms with E-state index in [9.17, 15) is 9.59 Å². The maximum Gasteiger partial charge on any atom is 0.323 e. The van der Waals surface area contributed by atoms with Crippen molar-refractivity contribution in [2.75, 3.05) is 13.7 Å². The number of pyridine rings is 1. The van der Waals surface area contributed by atoms with Gasteiger partial charge in [-0.1, -0.05) is 0 Å². The molecule has 2 amide bonds. The largest absolute Gasteiger partial charge is 0.481 e. The molecular weight excluding hydrogens is 226 g/mol. The summed E-state index contributed by atoms with van der Waals surface area (Å²) in [6.07, 6.45) is 1.56. The number of carbonyl (C=O) groups excluding carboxylic acids is 1. The molecule has 0 unspecified atom stereocenters. The third-order valence-corrected chi connectivity index (χ3v) is 1.86. The summed E-state index contributed by atoms with van der Waals surface area (Å²) in [7, 11) is 1.50. The number of urea groups is 1. The monoisotopic (exact) mass is 239 g/mol. The predicted octanol–water partition coefficient (Wildman–Crippen LogP) is -0.0260. The number of hydrogen-bond acceptors (Lipinski definition) is 4. The van der Waals surface area contributed by atoms with E-state index in [1.165, 1.54) is 7.11 Å². The number of carboxylic acids is 1. The smallest absolute Gasteiger partial charge is 0.323 e. The number of methoxy groups -OCH3 is 1. The second-order valence-corrected chi connectivity index (χ2v) is 3.14. The number of carboxylic acid groups (broad SMARTS) is 1. The lowest BCUT2D eigenvalue weighted by Gasteiger charge is -2.06. The summed E-state index contributed by atoms with van der Waals surface area (Å²) in [5.74, 6) is -0.638. The Balaban J connectivity index is 2.39. The number of aromatic nitrogens is 1. The molecule has 0 aliphatic rings. The second kappa shape index (κ2) is 6.31. The van der Waals surface area contributed by atoms with Gasteiger partial charge in [-0.25, -0.2) is 9.78 Å². The highest BCUT2D eigenvalue weighted by Crippen LogP contribution is 2.07. The van der Waals surface area contributed by atoms with Crippen molar-refractivity contribution in [3.63, 3.8) is 0 Å². The van der Waals surface area contributed by atoms with Crippen molar-refractivity contribution >= 4 is 12.0 Å². The van der Waals surface area contributed by atoms with Crippen LogP contribution in [0.25, 0.3) is 0 Å². The Labute approximate surface area is 97.8 Å². The Morgan fingerprint density at radius 1 is 1.47 bits per heavy atom. The zero-order valence-electron chi connectivity index (χ0n) is 9.27. The van der Waals surface area contributed by atoms with Crippen molar-refractivity contribution in [1.29, 1.82) is 0 Å². The summed E-state index contributed by atoms with van der Waals surface area (Å²) in [4.78, 5) is 25.3. The average molecular weight is 239 g/mol. The van der Waals surface area contributed by atoms with Gasteiger partial charge in [0.2, 0.25) is 5.88 Å². The fourth-order valence-corrected chi connectivity index (χ4v) is 1.07. The molecule has 1 aromatic heterocycles. The van der Waals surface area contributed by atoms with Gasteiger partial charge in [0, 0.05) is 18.8 Å². The van der Waals surface area contributed by atoms with Crippen LogP contribution in [0, 0.1) is 0 Å². The molecule has 0 atom stereocenters. The average Bonchev–Trinajstić information content (AvgIpc) is 2.34. The van der Waals surface area contributed by atoms with E-state index >= 15 is 0 Å². The van der Waals surface area contributed by atoms with E-state index in [0.29, 0.717) is 5.88 Å². The van der Waals surface area contributed by atoms with E-state index in [1.54, 1.807) is 18.3 Å². The summed E-state index contributed by atoms with van der Waals surface area (Å²) in [6.45, 7) is -0.143. The van der Waals surface area contributed by atoms with Crippen molar-refractivity contribution in [2.45, 2.75) is 6.54 Å². The first-order chi connectivity index (χ1) is 8.11. The van der Waals surface area contributed by atoms with Gasteiger partial charge in [-0.2, -0.15) is 0 Å². The van der Waals surface area contributed by atoms with Crippen LogP contribution in [0.5, 0.6) is 5.88 Å². The summed E-state index contributed by atoms with van der Waals surface area (Å²) >= 11 is 0. The summed E-state index contributed by atoms with van der Waals surface area (Å²) in [5.41, 5.74) is 0.808. The molecule has 0 radical (unpaired) electrons. The molecule has 7 heteroatoms. The number of rotatable bonds is 5. The molecule has 0 fully saturated rings. The topological polar surface area (TPSA) is 101 Å². The molecule has 1 heterocycles. The minimum atomic E-state index is -1.09. The number of nitrogens with zero attached hydrogens (tertiary/aromatic N) is 1. The number of amides is 2. The molecule has 1 aromatic rings. The van der Waals surface area contributed by atoms with E-state index in [0.717, 1.165) is 5.56 Å². The highest BCUT2D eigenvalue weighted by Gasteiger charge is 2.03. The van der Waals surface area contributed by atoms with E-state index in [-0.39, 0.29) is 6.54 Å². The van der Waals surface area contributed by atoms with Crippen LogP contribution in [0.2, 0.25) is 0 Å². The van der Waals surface area contributed by atoms with Crippen molar-refractivity contribution in [3.8, 4) is 5.88 Å². The molecule has 3 N–H and O–H groups in total. The lowest BCUT2D eigenvalue weighted by molar-refractivity contribution is -0.135. The Morgan fingerprint density at radius 3 is 2.88 bits per heavy atom. The molecule has 0 saturated carbocycles. The van der Waals surface area contributed by atoms with Crippen LogP contribution in [0.3, 0.4) is 0 Å². The summed E-state index contributed by atoms with van der Waals surface area (Å²) in [5, 5.41) is 13.0. The molecule has 0 aliphatic carbocycles. The SMILES string of the molecule is COc1cc(CNC(=O)NCC(=O)O)ccn1. The van der Waals surface area contributed by atoms with Gasteiger partial charge in [0.25, 0.3) is 0 Å². The van der Waals surface area contributed by atoms with Crippen molar-refractivity contribution in [1.82, 2.24) is 15.6 Å². The first-order valence-corrected chi connectivity index (χ1v) is 4.84. The zero-order valence-corrected chi connectivity index (χ0v) is 9.27. The summed E-state index contributed by atoms with van der Waals surface area (Å²) in [6, 6.07) is 2.86. The van der Waals surface area contributed by atoms with Crippen LogP contribution in [-0.4, -0.2) is 35.7 Å². The molecule has 92 valence electrons. The van der Waals surface area contributed by atoms with Gasteiger partial charge in [-0.05, 0) is 11.6 Å². The predicted molar refractivity (Wildman–Crippen MR) is 58.7 cm³/mol. The van der Waals surface area contributed by atoms with E-state index in [1.807, 2.05) is 0 Å². The van der Waals surface area contributed by atoms with Crippen LogP contribution >= 0.6 is 0 Å². The zero-order chi connectivity index (χ0) is 12.7. The Hall–Kier alpha value is -2.31. The number of hydrogen-bond donors (Lipinski definition) is 3. The molecular formula is C10H13N3O4. The molecule has 0 spiro atoms. The minimum absolute atomic E-state index is 0.268. The summed E-state index contributed by atoms with van der Waals surface area (Å²) < 4.78 is 4.92. The second-order valence-electron chi connectivity index (χ2n) is 3.14. The standard InChI is InChI=1S/C10H13N3O4/c1-17-8-4-7(2-3-11-8)5-12-10(16)13-6-9(14)15/h2-4H,5-6H2,1H3,(H,14,15)(H2,12,13,16). The first-order valence-electron chi connectivity index (χ1n) is 4.84. The van der Waals surface area contributed by atoms with E-state index in [2.05, 4.69) is 15.6 Å². The first kappa shape index (κ1) is 12.8. The van der Waals surface area contributed by atoms with Crippen LogP contribution in [-0.2, 0) is 11.3 Å². The molecule has 0 bridgehead atoms. The lowest BCUT2D eigenvalue weighted by Crippen LogP contribution is -2.37. The highest BCUT2D eigenvalue weighted by molar-refractivity contribution is 5.79. The third-order valence-electron chi connectivity index (χ3n) is 1.86. The fourth-order valence-electron chi connectivity index (χ4n) is 1.07. The number of ether oxygens (including phenoxy) is 1. The molecule has 0 saturated heterocycles. The highest BCUT2D eigenvalue weighted by atomic mass is 16.5. The number of carbonyl (C=O) groups is 2. The third kappa shape index (κ3) is 4.83. The van der Waals surface area contributed by atoms with Crippen LogP contribution < -0.4 is 15.4 Å². The molecule has 17 heavy (non-hydrogen) atoms. The number of aliphatic carboxylic acids is 1. The van der Waals surface area contributed by atoms with Crippen LogP contribution in [0.15, 0.2) is 18.3 Å². The molecule has 1 rings (SSSR count). The van der Waals surface area contributed by atoms with Crippen LogP contribution in [0.1, 0.15) is 5.56 Å². The van der Waals surface area contributed by atoms with E-state index < -0.39 is 18.5 Å². The Morgan fingerprint density at radius 2 is 2.24 bits per heavy atom. The minimum Gasteiger partial charge on any atom is -0.481 e. The molecule has 7 nitrogen and oxygen atoms in total. The Bertz CT molecular complexity index is 408. The van der Waals surface area contributed by atoms with Crippen molar-refractivity contribution < 1.29 is 19.4 Å². The van der Waals surface area contributed by atoms with Gasteiger partial charge in [0.05, 0.1) is 7.11 Å². The van der Waals surface area contributed by atoms with Gasteiger partial charge < -0.3 is 20.5 Å². The fraction of sp³-hybridized carbons (Fsp3) is 0.300. The van der Waals surface area contributed by atoms with Gasteiger partial charge >= 0.3 is 12.0 Å². The van der Waals surface area contributed by atoms with Crippen molar-refractivity contribution in [3.05, 3.63) is 23.9 Å². The molecule has 0 aromatic carbocycles. The van der Waals surface area contributed by atoms with Gasteiger partial charge in [0.15, 0.2) is 0 Å². The Kier molecular flexibility index (Phi) is 4.74. The maximum atomic E-state index is 11.1. The van der Waals surface area contributed by atoms with Gasteiger partial charge in [-0.3, -0.25) is 4.79 Å². The lowest BCUT2D eigenvalue weighted by atomic mass is 10.2. The normalized spacial score (nSPS) is 9.47. The molecule has 0 aliphatic heterocycles. The maximum absolute atomic E-state index is 11.1. The number of nitrogens with one attached hydrogen (secondary N) is 2. The van der Waals surface area contributed by atoms with E-state index in [4.69, 9.17) is 9.84 Å². The van der Waals surface area contributed by atoms with Crippen molar-refractivity contribution in [2.24, 2.45) is 0 Å². The van der Waals surface area contributed by atoms with Gasteiger partial charge in [0.1, 0.15) is 6.54 Å².